The van der Waals surface area contributed by atoms with Crippen LogP contribution in [0.5, 0.6) is 0 Å². The molecule has 100 valence electrons. The van der Waals surface area contributed by atoms with Crippen molar-refractivity contribution in [3.05, 3.63) is 63.6 Å². The zero-order chi connectivity index (χ0) is 13.8. The first-order chi connectivity index (χ1) is 9.04. The highest BCUT2D eigenvalue weighted by Crippen LogP contribution is 2.10. The van der Waals surface area contributed by atoms with Crippen LogP contribution in [-0.4, -0.2) is 9.97 Å². The molecule has 0 unspecified atom stereocenters. The number of aromatic nitrogens is 2. The van der Waals surface area contributed by atoms with E-state index in [0.29, 0.717) is 23.7 Å². The summed E-state index contributed by atoms with van der Waals surface area (Å²) in [7, 11) is 0. The largest absolute Gasteiger partial charge is 0.310 e. The smallest absolute Gasteiger partial charge is 0.251 e. The van der Waals surface area contributed by atoms with E-state index in [1.54, 1.807) is 18.2 Å². The summed E-state index contributed by atoms with van der Waals surface area (Å²) in [6.07, 6.45) is 1.04. The predicted molar refractivity (Wildman–Crippen MR) is 72.6 cm³/mol. The van der Waals surface area contributed by atoms with Gasteiger partial charge in [-0.3, -0.25) is 4.79 Å². The van der Waals surface area contributed by atoms with E-state index in [2.05, 4.69) is 23.8 Å². The molecular weight excluding hydrogens is 243 g/mol. The predicted octanol–water partition coefficient (Wildman–Crippen LogP) is 2.70. The molecule has 3 nitrogen and oxygen atoms in total. The monoisotopic (exact) mass is 260 g/mol. The molecule has 19 heavy (non-hydrogen) atoms. The van der Waals surface area contributed by atoms with E-state index in [9.17, 15) is 9.18 Å². The highest BCUT2D eigenvalue weighted by atomic mass is 19.1. The molecular formula is C15H17FN2O. The van der Waals surface area contributed by atoms with Crippen LogP contribution in [0.2, 0.25) is 0 Å². The molecule has 2 aromatic rings. The quantitative estimate of drug-likeness (QED) is 0.918. The fourth-order valence-electron chi connectivity index (χ4n) is 1.99. The Balaban J connectivity index is 2.28. The fourth-order valence-corrected chi connectivity index (χ4v) is 1.99. The first kappa shape index (κ1) is 13.5. The van der Waals surface area contributed by atoms with Crippen molar-refractivity contribution in [2.24, 2.45) is 5.92 Å². The van der Waals surface area contributed by atoms with E-state index < -0.39 is 0 Å². The number of rotatable bonds is 4. The molecule has 0 aliphatic rings. The van der Waals surface area contributed by atoms with Crippen LogP contribution in [0, 0.1) is 11.7 Å². The molecule has 0 radical (unpaired) electrons. The lowest BCUT2D eigenvalue weighted by molar-refractivity contribution is 0.609. The summed E-state index contributed by atoms with van der Waals surface area (Å²) < 4.78 is 13.6. The SMILES string of the molecule is CC(C)Cc1cc(=O)[nH]c(Cc2ccccc2F)n1. The maximum absolute atomic E-state index is 13.6. The second-order valence-electron chi connectivity index (χ2n) is 5.05. The van der Waals surface area contributed by atoms with Gasteiger partial charge in [0.1, 0.15) is 11.6 Å². The lowest BCUT2D eigenvalue weighted by Crippen LogP contribution is -2.14. The lowest BCUT2D eigenvalue weighted by atomic mass is 10.1. The van der Waals surface area contributed by atoms with Crippen LogP contribution in [0.1, 0.15) is 30.9 Å². The van der Waals surface area contributed by atoms with Gasteiger partial charge in [0.15, 0.2) is 0 Å². The molecule has 4 heteroatoms. The Morgan fingerprint density at radius 1 is 1.32 bits per heavy atom. The Hall–Kier alpha value is -1.97. The van der Waals surface area contributed by atoms with Gasteiger partial charge in [-0.25, -0.2) is 9.37 Å². The number of halogens is 1. The van der Waals surface area contributed by atoms with Crippen molar-refractivity contribution in [2.75, 3.05) is 0 Å². The second-order valence-corrected chi connectivity index (χ2v) is 5.05. The summed E-state index contributed by atoms with van der Waals surface area (Å²) >= 11 is 0. The molecule has 0 aliphatic heterocycles. The molecule has 0 spiro atoms. The Morgan fingerprint density at radius 3 is 2.74 bits per heavy atom. The van der Waals surface area contributed by atoms with Crippen molar-refractivity contribution in [1.29, 1.82) is 0 Å². The van der Waals surface area contributed by atoms with Crippen LogP contribution in [0.3, 0.4) is 0 Å². The molecule has 0 saturated carbocycles. The van der Waals surface area contributed by atoms with E-state index in [-0.39, 0.29) is 11.4 Å². The van der Waals surface area contributed by atoms with E-state index in [1.165, 1.54) is 12.1 Å². The summed E-state index contributed by atoms with van der Waals surface area (Å²) in [6.45, 7) is 4.14. The third kappa shape index (κ3) is 3.74. The number of H-pyrrole nitrogens is 1. The normalized spacial score (nSPS) is 10.9. The fraction of sp³-hybridized carbons (Fsp3) is 0.333. The highest BCUT2D eigenvalue weighted by molar-refractivity contribution is 5.21. The van der Waals surface area contributed by atoms with Crippen LogP contribution >= 0.6 is 0 Å². The third-order valence-electron chi connectivity index (χ3n) is 2.78. The van der Waals surface area contributed by atoms with E-state index in [0.717, 1.165) is 12.1 Å². The van der Waals surface area contributed by atoms with Gasteiger partial charge in [0.05, 0.1) is 0 Å². The molecule has 1 aromatic heterocycles. The minimum absolute atomic E-state index is 0.183. The van der Waals surface area contributed by atoms with Gasteiger partial charge in [-0.1, -0.05) is 32.0 Å². The number of aromatic amines is 1. The van der Waals surface area contributed by atoms with Crippen molar-refractivity contribution in [1.82, 2.24) is 9.97 Å². The zero-order valence-electron chi connectivity index (χ0n) is 11.1. The number of hydrogen-bond donors (Lipinski definition) is 1. The van der Waals surface area contributed by atoms with E-state index in [4.69, 9.17) is 0 Å². The topological polar surface area (TPSA) is 45.8 Å². The van der Waals surface area contributed by atoms with Crippen molar-refractivity contribution in [3.8, 4) is 0 Å². The summed E-state index contributed by atoms with van der Waals surface area (Å²) in [4.78, 5) is 18.6. The van der Waals surface area contributed by atoms with Crippen molar-refractivity contribution in [2.45, 2.75) is 26.7 Å². The van der Waals surface area contributed by atoms with Gasteiger partial charge in [0, 0.05) is 18.2 Å². The molecule has 0 saturated heterocycles. The average molecular weight is 260 g/mol. The average Bonchev–Trinajstić information content (AvgIpc) is 2.30. The molecule has 0 fully saturated rings. The highest BCUT2D eigenvalue weighted by Gasteiger charge is 2.07. The van der Waals surface area contributed by atoms with E-state index >= 15 is 0 Å². The first-order valence-corrected chi connectivity index (χ1v) is 6.37. The first-order valence-electron chi connectivity index (χ1n) is 6.37. The zero-order valence-corrected chi connectivity index (χ0v) is 11.1. The van der Waals surface area contributed by atoms with Gasteiger partial charge < -0.3 is 4.98 Å². The van der Waals surface area contributed by atoms with Crippen LogP contribution < -0.4 is 5.56 Å². The molecule has 0 atom stereocenters. The molecule has 2 rings (SSSR count). The summed E-state index contributed by atoms with van der Waals surface area (Å²) in [6, 6.07) is 8.03. The molecule has 1 heterocycles. The van der Waals surface area contributed by atoms with Crippen LogP contribution in [0.4, 0.5) is 4.39 Å². The van der Waals surface area contributed by atoms with Gasteiger partial charge in [-0.05, 0) is 24.0 Å². The van der Waals surface area contributed by atoms with E-state index in [1.807, 2.05) is 0 Å². The minimum atomic E-state index is -0.278. The Morgan fingerprint density at radius 2 is 2.05 bits per heavy atom. The summed E-state index contributed by atoms with van der Waals surface area (Å²) in [5.41, 5.74) is 1.11. The molecule has 1 N–H and O–H groups in total. The van der Waals surface area contributed by atoms with Crippen LogP contribution in [-0.2, 0) is 12.8 Å². The molecule has 1 aromatic carbocycles. The maximum atomic E-state index is 13.6. The Bertz CT molecular complexity index is 620. The molecule has 0 aliphatic carbocycles. The summed E-state index contributed by atoms with van der Waals surface area (Å²) in [5.74, 6) is 0.656. The van der Waals surface area contributed by atoms with Crippen molar-refractivity contribution in [3.63, 3.8) is 0 Å². The van der Waals surface area contributed by atoms with Gasteiger partial charge in [-0.2, -0.15) is 0 Å². The van der Waals surface area contributed by atoms with Gasteiger partial charge in [0.2, 0.25) is 0 Å². The van der Waals surface area contributed by atoms with Gasteiger partial charge in [-0.15, -0.1) is 0 Å². The number of nitrogens with zero attached hydrogens (tertiary/aromatic N) is 1. The summed E-state index contributed by atoms with van der Waals surface area (Å²) in [5, 5.41) is 0. The second kappa shape index (κ2) is 5.78. The van der Waals surface area contributed by atoms with Crippen LogP contribution in [0.15, 0.2) is 35.1 Å². The standard InChI is InChI=1S/C15H17FN2O/c1-10(2)7-12-9-15(19)18-14(17-12)8-11-5-3-4-6-13(11)16/h3-6,9-10H,7-8H2,1-2H3,(H,17,18,19). The number of hydrogen-bond acceptors (Lipinski definition) is 2. The molecule has 0 bridgehead atoms. The Labute approximate surface area is 111 Å². The number of benzene rings is 1. The van der Waals surface area contributed by atoms with Crippen molar-refractivity contribution >= 4 is 0 Å². The lowest BCUT2D eigenvalue weighted by Gasteiger charge is -2.07. The van der Waals surface area contributed by atoms with Gasteiger partial charge in [0.25, 0.3) is 5.56 Å². The van der Waals surface area contributed by atoms with Crippen LogP contribution in [0.25, 0.3) is 0 Å². The number of nitrogens with one attached hydrogen (secondary N) is 1. The van der Waals surface area contributed by atoms with Crippen molar-refractivity contribution < 1.29 is 4.39 Å². The third-order valence-corrected chi connectivity index (χ3v) is 2.78. The molecule has 0 amide bonds. The van der Waals surface area contributed by atoms with Gasteiger partial charge >= 0.3 is 0 Å². The Kier molecular flexibility index (Phi) is 4.10. The minimum Gasteiger partial charge on any atom is -0.310 e. The maximum Gasteiger partial charge on any atom is 0.251 e.